The number of rotatable bonds is 17. The summed E-state index contributed by atoms with van der Waals surface area (Å²) in [6.45, 7) is 4.38. The Morgan fingerprint density at radius 1 is 0.696 bits per heavy atom. The lowest BCUT2D eigenvalue weighted by Crippen LogP contribution is -2.15. The van der Waals surface area contributed by atoms with Crippen LogP contribution in [0.15, 0.2) is 0 Å². The van der Waals surface area contributed by atoms with E-state index < -0.39 is 6.10 Å². The monoisotopic (exact) mass is 328 g/mol. The largest absolute Gasteiger partial charge is 0.393 e. The Bertz CT molecular complexity index is 266. The zero-order chi connectivity index (χ0) is 17.3. The van der Waals surface area contributed by atoms with Crippen molar-refractivity contribution < 1.29 is 15.0 Å². The van der Waals surface area contributed by atoms with Gasteiger partial charge in [0.2, 0.25) is 0 Å². The summed E-state index contributed by atoms with van der Waals surface area (Å²) >= 11 is 0. The second-order valence-corrected chi connectivity index (χ2v) is 6.99. The van der Waals surface area contributed by atoms with Crippen LogP contribution in [0.3, 0.4) is 0 Å². The van der Waals surface area contributed by atoms with Crippen LogP contribution in [0, 0.1) is 0 Å². The van der Waals surface area contributed by atoms with Gasteiger partial charge in [0.15, 0.2) is 0 Å². The Hall–Kier alpha value is -0.410. The maximum Gasteiger partial charge on any atom is 0.135 e. The minimum atomic E-state index is -0.490. The van der Waals surface area contributed by atoms with E-state index in [1.54, 1.807) is 0 Å². The summed E-state index contributed by atoms with van der Waals surface area (Å²) in [6, 6.07) is 0. The molecule has 0 spiro atoms. The van der Waals surface area contributed by atoms with Crippen molar-refractivity contribution in [3.05, 3.63) is 0 Å². The predicted molar refractivity (Wildman–Crippen MR) is 97.6 cm³/mol. The number of unbranched alkanes of at least 4 members (excludes halogenated alkanes) is 8. The highest BCUT2D eigenvalue weighted by molar-refractivity contribution is 5.78. The number of carbonyl (C=O) groups excluding carboxylic acids is 1. The standard InChI is InChI=1S/C20H40O3/c1-3-5-7-9-11-13-18(21)15-16-20(23)17-19(22)14-12-10-8-6-4-2/h18-19,21-22H,3-17H2,1-2H3. The van der Waals surface area contributed by atoms with Crippen LogP contribution in [0.2, 0.25) is 0 Å². The molecule has 0 aromatic heterocycles. The van der Waals surface area contributed by atoms with Crippen LogP contribution in [-0.2, 0) is 4.79 Å². The molecule has 3 nitrogen and oxygen atoms in total. The van der Waals surface area contributed by atoms with Crippen molar-refractivity contribution in [3.8, 4) is 0 Å². The molecule has 0 saturated carbocycles. The highest BCUT2D eigenvalue weighted by Crippen LogP contribution is 2.13. The summed E-state index contributed by atoms with van der Waals surface area (Å²) in [6.07, 6.45) is 13.7. The molecule has 23 heavy (non-hydrogen) atoms. The minimum Gasteiger partial charge on any atom is -0.393 e. The van der Waals surface area contributed by atoms with Crippen molar-refractivity contribution in [2.75, 3.05) is 0 Å². The van der Waals surface area contributed by atoms with E-state index in [0.717, 1.165) is 32.1 Å². The Balaban J connectivity index is 3.53. The smallest absolute Gasteiger partial charge is 0.135 e. The molecule has 0 saturated heterocycles. The van der Waals surface area contributed by atoms with Crippen LogP contribution in [0.1, 0.15) is 110 Å². The van der Waals surface area contributed by atoms with Gasteiger partial charge in [0.1, 0.15) is 5.78 Å². The Morgan fingerprint density at radius 3 is 1.70 bits per heavy atom. The molecule has 0 rings (SSSR count). The van der Waals surface area contributed by atoms with Crippen LogP contribution < -0.4 is 0 Å². The van der Waals surface area contributed by atoms with Gasteiger partial charge >= 0.3 is 0 Å². The lowest BCUT2D eigenvalue weighted by molar-refractivity contribution is -0.121. The zero-order valence-corrected chi connectivity index (χ0v) is 15.6. The summed E-state index contributed by atoms with van der Waals surface area (Å²) in [5.74, 6) is 0.0936. The number of aliphatic hydroxyl groups is 2. The van der Waals surface area contributed by atoms with E-state index in [9.17, 15) is 15.0 Å². The Kier molecular flexibility index (Phi) is 16.2. The SMILES string of the molecule is CCCCCCCC(O)CCC(=O)CC(O)CCCCCCC. The predicted octanol–water partition coefficient (Wildman–Crippen LogP) is 5.17. The maximum atomic E-state index is 11.8. The van der Waals surface area contributed by atoms with Crippen molar-refractivity contribution in [2.45, 2.75) is 122 Å². The van der Waals surface area contributed by atoms with Crippen molar-refractivity contribution in [2.24, 2.45) is 0 Å². The average molecular weight is 329 g/mol. The van der Waals surface area contributed by atoms with Gasteiger partial charge in [0.05, 0.1) is 12.2 Å². The van der Waals surface area contributed by atoms with E-state index in [0.29, 0.717) is 12.8 Å². The second-order valence-electron chi connectivity index (χ2n) is 6.99. The lowest BCUT2D eigenvalue weighted by Gasteiger charge is -2.12. The summed E-state index contributed by atoms with van der Waals surface area (Å²) in [5.41, 5.74) is 0. The number of aliphatic hydroxyl groups excluding tert-OH is 2. The summed E-state index contributed by atoms with van der Waals surface area (Å²) in [4.78, 5) is 11.8. The van der Waals surface area contributed by atoms with Crippen LogP contribution >= 0.6 is 0 Å². The first kappa shape index (κ1) is 22.6. The normalized spacial score (nSPS) is 13.9. The molecule has 0 fully saturated rings. The molecule has 2 unspecified atom stereocenters. The van der Waals surface area contributed by atoms with E-state index in [4.69, 9.17) is 0 Å². The molecule has 2 N–H and O–H groups in total. The number of carbonyl (C=O) groups is 1. The summed E-state index contributed by atoms with van der Waals surface area (Å²) < 4.78 is 0. The van der Waals surface area contributed by atoms with Gasteiger partial charge in [-0.3, -0.25) is 4.79 Å². The topological polar surface area (TPSA) is 57.5 Å². The Morgan fingerprint density at radius 2 is 1.17 bits per heavy atom. The second kappa shape index (κ2) is 16.4. The first-order chi connectivity index (χ1) is 11.1. The average Bonchev–Trinajstić information content (AvgIpc) is 2.52. The molecule has 0 aliphatic carbocycles. The van der Waals surface area contributed by atoms with Gasteiger partial charge < -0.3 is 10.2 Å². The van der Waals surface area contributed by atoms with Gasteiger partial charge in [0.25, 0.3) is 0 Å². The zero-order valence-electron chi connectivity index (χ0n) is 15.6. The number of ketones is 1. The van der Waals surface area contributed by atoms with E-state index in [-0.39, 0.29) is 18.3 Å². The molecule has 0 aromatic carbocycles. The third kappa shape index (κ3) is 16.2. The van der Waals surface area contributed by atoms with Gasteiger partial charge in [-0.1, -0.05) is 78.1 Å². The van der Waals surface area contributed by atoms with Gasteiger partial charge in [-0.25, -0.2) is 0 Å². The van der Waals surface area contributed by atoms with Crippen LogP contribution in [-0.4, -0.2) is 28.2 Å². The molecule has 3 heteroatoms. The molecule has 0 amide bonds. The molecule has 2 atom stereocenters. The molecule has 0 aliphatic rings. The summed E-state index contributed by atoms with van der Waals surface area (Å²) in [5, 5.41) is 19.8. The number of hydrogen-bond acceptors (Lipinski definition) is 3. The molecule has 0 heterocycles. The maximum absolute atomic E-state index is 11.8. The van der Waals surface area contributed by atoms with E-state index in [1.165, 1.54) is 44.9 Å². The fraction of sp³-hybridized carbons (Fsp3) is 0.950. The van der Waals surface area contributed by atoms with Gasteiger partial charge in [-0.05, 0) is 19.3 Å². The quantitative estimate of drug-likeness (QED) is 0.362. The fourth-order valence-electron chi connectivity index (χ4n) is 2.91. The molecule has 0 aliphatic heterocycles. The van der Waals surface area contributed by atoms with Gasteiger partial charge in [-0.2, -0.15) is 0 Å². The van der Waals surface area contributed by atoms with Crippen molar-refractivity contribution >= 4 is 5.78 Å². The van der Waals surface area contributed by atoms with E-state index in [1.807, 2.05) is 0 Å². The summed E-state index contributed by atoms with van der Waals surface area (Å²) in [7, 11) is 0. The van der Waals surface area contributed by atoms with Gasteiger partial charge in [-0.15, -0.1) is 0 Å². The molecule has 0 aromatic rings. The third-order valence-electron chi connectivity index (χ3n) is 4.50. The highest BCUT2D eigenvalue weighted by atomic mass is 16.3. The van der Waals surface area contributed by atoms with E-state index in [2.05, 4.69) is 13.8 Å². The first-order valence-corrected chi connectivity index (χ1v) is 9.97. The van der Waals surface area contributed by atoms with Crippen molar-refractivity contribution in [3.63, 3.8) is 0 Å². The number of hydrogen-bond donors (Lipinski definition) is 2. The van der Waals surface area contributed by atoms with Crippen LogP contribution in [0.25, 0.3) is 0 Å². The molecule has 0 radical (unpaired) electrons. The highest BCUT2D eigenvalue weighted by Gasteiger charge is 2.13. The van der Waals surface area contributed by atoms with E-state index >= 15 is 0 Å². The van der Waals surface area contributed by atoms with Gasteiger partial charge in [0, 0.05) is 12.8 Å². The van der Waals surface area contributed by atoms with Crippen LogP contribution in [0.5, 0.6) is 0 Å². The van der Waals surface area contributed by atoms with Crippen LogP contribution in [0.4, 0.5) is 0 Å². The van der Waals surface area contributed by atoms with Crippen molar-refractivity contribution in [1.82, 2.24) is 0 Å². The lowest BCUT2D eigenvalue weighted by atomic mass is 10.00. The minimum absolute atomic E-state index is 0.0936. The number of Topliss-reactive ketones (excluding diaryl/α,β-unsaturated/α-hetero) is 1. The van der Waals surface area contributed by atoms with Crippen molar-refractivity contribution in [1.29, 1.82) is 0 Å². The molecule has 0 bridgehead atoms. The molecular weight excluding hydrogens is 288 g/mol. The molecular formula is C20H40O3. The first-order valence-electron chi connectivity index (χ1n) is 9.97. The fourth-order valence-corrected chi connectivity index (χ4v) is 2.91. The molecule has 138 valence electrons. The Labute approximate surface area is 143 Å². The third-order valence-corrected chi connectivity index (χ3v) is 4.50.